The molecule has 0 heterocycles. The molecule has 0 aliphatic heterocycles. The van der Waals surface area contributed by atoms with Crippen LogP contribution >= 0.6 is 75.5 Å². The first-order chi connectivity index (χ1) is 8.02. The molecule has 2 aromatic carbocycles. The Balaban J connectivity index is 2.31. The smallest absolute Gasteiger partial charge is 0.0197 e. The third kappa shape index (κ3) is 4.39. The first kappa shape index (κ1) is 14.1. The molecule has 0 fully saturated rings. The van der Waals surface area contributed by atoms with Crippen LogP contribution in [0.25, 0.3) is 0 Å². The van der Waals surface area contributed by atoms with Crippen LogP contribution in [0.15, 0.2) is 64.1 Å². The predicted molar refractivity (Wildman–Crippen MR) is 87.8 cm³/mol. The number of benzene rings is 2. The molecule has 17 heavy (non-hydrogen) atoms. The molecule has 0 aliphatic rings. The van der Waals surface area contributed by atoms with Crippen molar-refractivity contribution in [3.05, 3.63) is 54.3 Å². The van der Waals surface area contributed by atoms with Crippen LogP contribution in [0.3, 0.4) is 0 Å². The summed E-state index contributed by atoms with van der Waals surface area (Å²) in [5, 5.41) is 0. The van der Waals surface area contributed by atoms with Gasteiger partial charge >= 0.3 is 0 Å². The number of hydrogen-bond donors (Lipinski definition) is 0. The third-order valence-electron chi connectivity index (χ3n) is 1.91. The Hall–Kier alpha value is 0.710. The Morgan fingerprint density at radius 3 is 1.12 bits per heavy atom. The zero-order valence-electron chi connectivity index (χ0n) is 8.38. The standard InChI is InChI=1S/C12H6Br4S/c13-7-1-8(14)4-11(3-7)17-12-5-9(15)2-10(16)6-12/h1-6H. The Bertz CT molecular complexity index is 464. The minimum absolute atomic E-state index is 1.07. The van der Waals surface area contributed by atoms with E-state index in [1.165, 1.54) is 9.79 Å². The monoisotopic (exact) mass is 498 g/mol. The number of hydrogen-bond acceptors (Lipinski definition) is 1. The third-order valence-corrected chi connectivity index (χ3v) is 4.68. The second kappa shape index (κ2) is 6.24. The summed E-state index contributed by atoms with van der Waals surface area (Å²) in [4.78, 5) is 2.38. The minimum Gasteiger partial charge on any atom is -0.0899 e. The van der Waals surface area contributed by atoms with E-state index < -0.39 is 0 Å². The van der Waals surface area contributed by atoms with E-state index in [4.69, 9.17) is 0 Å². The van der Waals surface area contributed by atoms with E-state index in [9.17, 15) is 0 Å². The Morgan fingerprint density at radius 2 is 0.824 bits per heavy atom. The van der Waals surface area contributed by atoms with E-state index in [-0.39, 0.29) is 0 Å². The molecule has 2 rings (SSSR count). The van der Waals surface area contributed by atoms with Crippen LogP contribution in [0.1, 0.15) is 0 Å². The van der Waals surface area contributed by atoms with Gasteiger partial charge in [0.15, 0.2) is 0 Å². The highest BCUT2D eigenvalue weighted by Crippen LogP contribution is 2.35. The highest BCUT2D eigenvalue weighted by atomic mass is 79.9. The second-order valence-corrected chi connectivity index (χ2v) is 8.12. The molecular formula is C12H6Br4S. The molecular weight excluding hydrogens is 496 g/mol. The van der Waals surface area contributed by atoms with Crippen molar-refractivity contribution in [2.45, 2.75) is 9.79 Å². The fourth-order valence-corrected chi connectivity index (χ4v) is 5.52. The van der Waals surface area contributed by atoms with Crippen molar-refractivity contribution in [1.82, 2.24) is 0 Å². The summed E-state index contributed by atoms with van der Waals surface area (Å²) in [5.74, 6) is 0. The van der Waals surface area contributed by atoms with Crippen LogP contribution < -0.4 is 0 Å². The molecule has 0 atom stereocenters. The van der Waals surface area contributed by atoms with Gasteiger partial charge in [-0.25, -0.2) is 0 Å². The normalized spacial score (nSPS) is 10.6. The lowest BCUT2D eigenvalue weighted by atomic mass is 10.4. The first-order valence-corrected chi connectivity index (χ1v) is 8.62. The lowest BCUT2D eigenvalue weighted by Gasteiger charge is -2.05. The van der Waals surface area contributed by atoms with Gasteiger partial charge in [0.1, 0.15) is 0 Å². The van der Waals surface area contributed by atoms with Crippen LogP contribution in [0.5, 0.6) is 0 Å². The average molecular weight is 502 g/mol. The second-order valence-electron chi connectivity index (χ2n) is 3.31. The molecule has 0 nitrogen and oxygen atoms in total. The largest absolute Gasteiger partial charge is 0.0899 e. The SMILES string of the molecule is Brc1cc(Br)cc(Sc2cc(Br)cc(Br)c2)c1. The van der Waals surface area contributed by atoms with E-state index in [2.05, 4.69) is 88.0 Å². The van der Waals surface area contributed by atoms with Gasteiger partial charge in [0.2, 0.25) is 0 Å². The van der Waals surface area contributed by atoms with Gasteiger partial charge in [-0.15, -0.1) is 0 Å². The summed E-state index contributed by atoms with van der Waals surface area (Å²) in [7, 11) is 0. The maximum absolute atomic E-state index is 3.49. The molecule has 2 aromatic rings. The van der Waals surface area contributed by atoms with E-state index >= 15 is 0 Å². The molecule has 0 radical (unpaired) electrons. The van der Waals surface area contributed by atoms with Crippen molar-refractivity contribution < 1.29 is 0 Å². The topological polar surface area (TPSA) is 0 Å². The highest BCUT2D eigenvalue weighted by molar-refractivity contribution is 9.11. The summed E-state index contributed by atoms with van der Waals surface area (Å²) in [6.07, 6.45) is 0. The van der Waals surface area contributed by atoms with Gasteiger partial charge in [-0.2, -0.15) is 0 Å². The summed E-state index contributed by atoms with van der Waals surface area (Å²) >= 11 is 15.7. The predicted octanol–water partition coefficient (Wildman–Crippen LogP) is 6.89. The van der Waals surface area contributed by atoms with Crippen molar-refractivity contribution in [3.8, 4) is 0 Å². The molecule has 5 heteroatoms. The summed E-state index contributed by atoms with van der Waals surface area (Å²) in [5.41, 5.74) is 0. The molecule has 0 unspecified atom stereocenters. The van der Waals surface area contributed by atoms with E-state index in [0.29, 0.717) is 0 Å². The van der Waals surface area contributed by atoms with Crippen LogP contribution in [-0.2, 0) is 0 Å². The van der Waals surface area contributed by atoms with Crippen LogP contribution in [0.2, 0.25) is 0 Å². The van der Waals surface area contributed by atoms with Crippen LogP contribution in [0.4, 0.5) is 0 Å². The number of halogens is 4. The molecule has 0 N–H and O–H groups in total. The van der Waals surface area contributed by atoms with Crippen LogP contribution in [0, 0.1) is 0 Å². The average Bonchev–Trinajstić information content (AvgIpc) is 2.13. The molecule has 0 saturated carbocycles. The van der Waals surface area contributed by atoms with E-state index in [1.54, 1.807) is 11.8 Å². The molecule has 0 aromatic heterocycles. The summed E-state index contributed by atoms with van der Waals surface area (Å²) < 4.78 is 4.29. The Morgan fingerprint density at radius 1 is 0.529 bits per heavy atom. The summed E-state index contributed by atoms with van der Waals surface area (Å²) in [6, 6.07) is 12.5. The Kier molecular flexibility index (Phi) is 5.18. The lowest BCUT2D eigenvalue weighted by molar-refractivity contribution is 1.36. The molecule has 0 aliphatic carbocycles. The van der Waals surface area contributed by atoms with Gasteiger partial charge in [0.05, 0.1) is 0 Å². The van der Waals surface area contributed by atoms with E-state index in [0.717, 1.165) is 17.9 Å². The zero-order valence-corrected chi connectivity index (χ0v) is 15.5. The van der Waals surface area contributed by atoms with Gasteiger partial charge < -0.3 is 0 Å². The highest BCUT2D eigenvalue weighted by Gasteiger charge is 2.03. The van der Waals surface area contributed by atoms with Gasteiger partial charge in [0.25, 0.3) is 0 Å². The van der Waals surface area contributed by atoms with Crippen molar-refractivity contribution in [3.63, 3.8) is 0 Å². The zero-order chi connectivity index (χ0) is 12.4. The maximum Gasteiger partial charge on any atom is 0.0197 e. The molecule has 88 valence electrons. The Labute approximate surface area is 138 Å². The maximum atomic E-state index is 3.49. The van der Waals surface area contributed by atoms with Crippen LogP contribution in [-0.4, -0.2) is 0 Å². The van der Waals surface area contributed by atoms with Gasteiger partial charge in [-0.3, -0.25) is 0 Å². The van der Waals surface area contributed by atoms with Gasteiger partial charge in [0, 0.05) is 27.7 Å². The minimum atomic E-state index is 1.07. The van der Waals surface area contributed by atoms with Crippen molar-refractivity contribution >= 4 is 75.5 Å². The first-order valence-electron chi connectivity index (χ1n) is 4.63. The van der Waals surface area contributed by atoms with Crippen molar-refractivity contribution in [2.75, 3.05) is 0 Å². The van der Waals surface area contributed by atoms with Crippen molar-refractivity contribution in [1.29, 1.82) is 0 Å². The summed E-state index contributed by atoms with van der Waals surface area (Å²) in [6.45, 7) is 0. The molecule has 0 bridgehead atoms. The fraction of sp³-hybridized carbons (Fsp3) is 0. The quantitative estimate of drug-likeness (QED) is 0.432. The molecule has 0 spiro atoms. The lowest BCUT2D eigenvalue weighted by Crippen LogP contribution is -1.77. The van der Waals surface area contributed by atoms with Crippen molar-refractivity contribution in [2.24, 2.45) is 0 Å². The molecule has 0 saturated heterocycles. The van der Waals surface area contributed by atoms with Gasteiger partial charge in [-0.1, -0.05) is 75.5 Å². The molecule has 0 amide bonds. The fourth-order valence-electron chi connectivity index (χ4n) is 1.31. The van der Waals surface area contributed by atoms with E-state index in [1.807, 2.05) is 12.1 Å². The van der Waals surface area contributed by atoms with Gasteiger partial charge in [-0.05, 0) is 36.4 Å². The number of rotatable bonds is 2.